The lowest BCUT2D eigenvalue weighted by molar-refractivity contribution is -0.126. The van der Waals surface area contributed by atoms with Gasteiger partial charge in [-0.15, -0.1) is 0 Å². The molecule has 0 saturated carbocycles. The van der Waals surface area contributed by atoms with E-state index in [4.69, 9.17) is 37.5 Å². The van der Waals surface area contributed by atoms with Gasteiger partial charge >= 0.3 is 0 Å². The number of fused-ring (bicyclic) bond motifs is 2. The number of oxime groups is 1. The van der Waals surface area contributed by atoms with Gasteiger partial charge < -0.3 is 14.3 Å². The highest BCUT2D eigenvalue weighted by molar-refractivity contribution is 6.39. The predicted octanol–water partition coefficient (Wildman–Crippen LogP) is 3.01. The lowest BCUT2D eigenvalue weighted by Crippen LogP contribution is -2.33. The second kappa shape index (κ2) is 5.87. The molecule has 0 radical (unpaired) electrons. The summed E-state index contributed by atoms with van der Waals surface area (Å²) >= 11 is 12.2. The normalized spacial score (nSPS) is 22.7. The molecule has 0 N–H and O–H groups in total. The maximum atomic E-state index is 13.1. The second-order valence-corrected chi connectivity index (χ2v) is 7.00. The number of ether oxygens (including phenoxy) is 2. The van der Waals surface area contributed by atoms with Crippen LogP contribution in [-0.4, -0.2) is 30.4 Å². The Labute approximate surface area is 163 Å². The second-order valence-electron chi connectivity index (χ2n) is 6.15. The van der Waals surface area contributed by atoms with Gasteiger partial charge in [0.25, 0.3) is 5.91 Å². The van der Waals surface area contributed by atoms with Gasteiger partial charge in [-0.2, -0.15) is 0 Å². The fraction of sp³-hybridized carbons (Fsp3) is 0.167. The third-order valence-corrected chi connectivity index (χ3v) is 5.18. The van der Waals surface area contributed by atoms with E-state index in [0.717, 1.165) is 4.90 Å². The number of anilines is 1. The van der Waals surface area contributed by atoms with Crippen LogP contribution in [0.3, 0.4) is 0 Å². The molecule has 0 bridgehead atoms. The highest BCUT2D eigenvalue weighted by Crippen LogP contribution is 2.40. The maximum Gasteiger partial charge on any atom is 0.278 e. The average Bonchev–Trinajstić information content (AvgIpc) is 3.32. The van der Waals surface area contributed by atoms with E-state index >= 15 is 0 Å². The van der Waals surface area contributed by atoms with E-state index in [1.807, 2.05) is 0 Å². The smallest absolute Gasteiger partial charge is 0.278 e. The van der Waals surface area contributed by atoms with Gasteiger partial charge in [0.2, 0.25) is 18.8 Å². The number of benzene rings is 2. The fourth-order valence-corrected chi connectivity index (χ4v) is 3.88. The zero-order chi connectivity index (χ0) is 18.7. The van der Waals surface area contributed by atoms with E-state index < -0.39 is 23.8 Å². The van der Waals surface area contributed by atoms with Crippen LogP contribution < -0.4 is 14.4 Å². The van der Waals surface area contributed by atoms with Gasteiger partial charge in [0.05, 0.1) is 10.7 Å². The van der Waals surface area contributed by atoms with E-state index in [0.29, 0.717) is 38.5 Å². The molecular weight excluding hydrogens is 395 g/mol. The first-order valence-corrected chi connectivity index (χ1v) is 8.77. The maximum absolute atomic E-state index is 13.1. The van der Waals surface area contributed by atoms with E-state index in [1.54, 1.807) is 36.4 Å². The summed E-state index contributed by atoms with van der Waals surface area (Å²) in [6, 6.07) is 9.69. The molecule has 2 aromatic carbocycles. The van der Waals surface area contributed by atoms with Crippen molar-refractivity contribution >= 4 is 46.4 Å². The molecule has 0 aliphatic carbocycles. The molecule has 0 spiro atoms. The Morgan fingerprint density at radius 2 is 1.81 bits per heavy atom. The summed E-state index contributed by atoms with van der Waals surface area (Å²) in [6.45, 7) is 0.0981. The van der Waals surface area contributed by atoms with Gasteiger partial charge in [-0.3, -0.25) is 9.59 Å². The standard InChI is InChI=1S/C18H10Cl2N2O5/c19-8-1-3-10(11(20)5-8)15-14-16(27-21-15)18(24)22(17(14)23)9-2-4-12-13(6-9)26-7-25-12/h1-6,14,16H,7H2. The topological polar surface area (TPSA) is 77.4 Å². The van der Waals surface area contributed by atoms with E-state index in [2.05, 4.69) is 5.16 Å². The van der Waals surface area contributed by atoms with Crippen molar-refractivity contribution in [2.24, 2.45) is 11.1 Å². The molecule has 136 valence electrons. The van der Waals surface area contributed by atoms with E-state index in [9.17, 15) is 9.59 Å². The molecule has 1 saturated heterocycles. The summed E-state index contributed by atoms with van der Waals surface area (Å²) in [4.78, 5) is 32.2. The minimum atomic E-state index is -1.02. The van der Waals surface area contributed by atoms with Crippen molar-refractivity contribution in [3.05, 3.63) is 52.0 Å². The van der Waals surface area contributed by atoms with Gasteiger partial charge in [0.1, 0.15) is 11.6 Å². The molecule has 1 fully saturated rings. The first kappa shape index (κ1) is 16.4. The molecule has 3 aliphatic heterocycles. The number of carbonyl (C=O) groups excluding carboxylic acids is 2. The summed E-state index contributed by atoms with van der Waals surface area (Å²) in [6.07, 6.45) is -1.02. The molecule has 3 heterocycles. The van der Waals surface area contributed by atoms with Crippen molar-refractivity contribution in [2.45, 2.75) is 6.10 Å². The van der Waals surface area contributed by atoms with E-state index in [-0.39, 0.29) is 6.79 Å². The highest BCUT2D eigenvalue weighted by Gasteiger charge is 2.56. The molecule has 2 unspecified atom stereocenters. The monoisotopic (exact) mass is 404 g/mol. The van der Waals surface area contributed by atoms with Gasteiger partial charge in [0, 0.05) is 16.7 Å². The Morgan fingerprint density at radius 3 is 2.63 bits per heavy atom. The zero-order valence-corrected chi connectivity index (χ0v) is 15.0. The number of nitrogens with zero attached hydrogens (tertiary/aromatic N) is 2. The van der Waals surface area contributed by atoms with Crippen LogP contribution >= 0.6 is 23.2 Å². The van der Waals surface area contributed by atoms with Crippen molar-refractivity contribution in [1.82, 2.24) is 0 Å². The molecule has 2 atom stereocenters. The first-order valence-electron chi connectivity index (χ1n) is 8.01. The van der Waals surface area contributed by atoms with E-state index in [1.165, 1.54) is 0 Å². The Morgan fingerprint density at radius 1 is 1.00 bits per heavy atom. The summed E-state index contributed by atoms with van der Waals surface area (Å²) in [7, 11) is 0. The minimum absolute atomic E-state index is 0.0981. The molecule has 9 heteroatoms. The SMILES string of the molecule is O=C1C2ON=C(c3ccc(Cl)cc3Cl)C2C(=O)N1c1ccc2c(c1)OCO2. The summed E-state index contributed by atoms with van der Waals surface area (Å²) in [5.41, 5.74) is 1.19. The number of hydrogen-bond donors (Lipinski definition) is 0. The van der Waals surface area contributed by atoms with Crippen LogP contribution in [0.4, 0.5) is 5.69 Å². The third kappa shape index (κ3) is 2.39. The van der Waals surface area contributed by atoms with Gasteiger partial charge in [-0.05, 0) is 24.3 Å². The van der Waals surface area contributed by atoms with Crippen LogP contribution in [-0.2, 0) is 14.4 Å². The van der Waals surface area contributed by atoms with Crippen LogP contribution in [0.5, 0.6) is 11.5 Å². The Kier molecular flexibility index (Phi) is 3.57. The summed E-state index contributed by atoms with van der Waals surface area (Å²) in [5.74, 6) is -0.773. The van der Waals surface area contributed by atoms with Crippen LogP contribution in [0.15, 0.2) is 41.6 Å². The van der Waals surface area contributed by atoms with Crippen LogP contribution in [0.25, 0.3) is 0 Å². The molecule has 2 amide bonds. The molecule has 7 nitrogen and oxygen atoms in total. The number of imide groups is 1. The molecule has 2 aromatic rings. The fourth-order valence-electron chi connectivity index (χ4n) is 3.38. The zero-order valence-electron chi connectivity index (χ0n) is 13.5. The molecule has 27 heavy (non-hydrogen) atoms. The number of rotatable bonds is 2. The minimum Gasteiger partial charge on any atom is -0.454 e. The number of hydrogen-bond acceptors (Lipinski definition) is 6. The van der Waals surface area contributed by atoms with Crippen molar-refractivity contribution in [3.8, 4) is 11.5 Å². The Balaban J connectivity index is 1.52. The highest BCUT2D eigenvalue weighted by atomic mass is 35.5. The number of amides is 2. The average molecular weight is 405 g/mol. The van der Waals surface area contributed by atoms with Gasteiger partial charge in [0.15, 0.2) is 11.5 Å². The summed E-state index contributed by atoms with van der Waals surface area (Å²) in [5, 5.41) is 4.72. The van der Waals surface area contributed by atoms with Crippen molar-refractivity contribution in [2.75, 3.05) is 11.7 Å². The predicted molar refractivity (Wildman–Crippen MR) is 96.4 cm³/mol. The van der Waals surface area contributed by atoms with Crippen LogP contribution in [0.1, 0.15) is 5.56 Å². The molecule has 5 rings (SSSR count). The van der Waals surface area contributed by atoms with Crippen molar-refractivity contribution in [3.63, 3.8) is 0 Å². The molecular formula is C18H10Cl2N2O5. The number of carbonyl (C=O) groups is 2. The third-order valence-electron chi connectivity index (χ3n) is 4.63. The lowest BCUT2D eigenvalue weighted by Gasteiger charge is -2.16. The first-order chi connectivity index (χ1) is 13.0. The summed E-state index contributed by atoms with van der Waals surface area (Å²) < 4.78 is 10.6. The largest absolute Gasteiger partial charge is 0.454 e. The van der Waals surface area contributed by atoms with Crippen LogP contribution in [0, 0.1) is 5.92 Å². The number of halogens is 2. The molecule has 3 aliphatic rings. The van der Waals surface area contributed by atoms with Crippen molar-refractivity contribution < 1.29 is 23.9 Å². The lowest BCUT2D eigenvalue weighted by atomic mass is 9.94. The van der Waals surface area contributed by atoms with Gasteiger partial charge in [-0.25, -0.2) is 4.90 Å². The van der Waals surface area contributed by atoms with Gasteiger partial charge in [-0.1, -0.05) is 34.4 Å². The van der Waals surface area contributed by atoms with Crippen LogP contribution in [0.2, 0.25) is 10.0 Å². The molecule has 0 aromatic heterocycles. The Bertz CT molecular complexity index is 1040. The van der Waals surface area contributed by atoms with Crippen molar-refractivity contribution in [1.29, 1.82) is 0 Å². The quantitative estimate of drug-likeness (QED) is 0.718. The Hall–Kier alpha value is -2.77.